The summed E-state index contributed by atoms with van der Waals surface area (Å²) in [4.78, 5) is 15.0. The summed E-state index contributed by atoms with van der Waals surface area (Å²) in [6.07, 6.45) is 3.33. The number of hydrogen-bond donors (Lipinski definition) is 3. The minimum absolute atomic E-state index is 0.0886. The van der Waals surface area contributed by atoms with E-state index in [0.717, 1.165) is 16.8 Å². The van der Waals surface area contributed by atoms with E-state index < -0.39 is 0 Å². The first-order valence-electron chi connectivity index (χ1n) is 10.4. The van der Waals surface area contributed by atoms with Crippen LogP contribution in [0.15, 0.2) is 73.1 Å². The number of carbonyl (C=O) groups is 1. The number of carbonyl (C=O) groups excluding carboxylic acids is 1. The minimum atomic E-state index is -0.330. The van der Waals surface area contributed by atoms with E-state index in [9.17, 15) is 15.0 Å². The second-order valence-electron chi connectivity index (χ2n) is 7.79. The van der Waals surface area contributed by atoms with Gasteiger partial charge in [-0.2, -0.15) is 5.10 Å². The van der Waals surface area contributed by atoms with Crippen LogP contribution in [0.4, 0.5) is 11.4 Å². The first kappa shape index (κ1) is 20.4. The van der Waals surface area contributed by atoms with E-state index in [1.807, 2.05) is 48.5 Å². The number of nitrogens with one attached hydrogen (secondary N) is 1. The van der Waals surface area contributed by atoms with Crippen molar-refractivity contribution in [3.05, 3.63) is 89.7 Å². The number of aromatic nitrogens is 2. The van der Waals surface area contributed by atoms with Gasteiger partial charge in [0, 0.05) is 25.2 Å². The van der Waals surface area contributed by atoms with Crippen LogP contribution in [0, 0.1) is 0 Å². The Kier molecular flexibility index (Phi) is 5.10. The molecule has 8 heteroatoms. The molecule has 33 heavy (non-hydrogen) atoms. The lowest BCUT2D eigenvalue weighted by Crippen LogP contribution is -2.26. The molecule has 0 saturated carbocycles. The smallest absolute Gasteiger partial charge is 0.260 e. The van der Waals surface area contributed by atoms with Crippen molar-refractivity contribution in [2.24, 2.45) is 0 Å². The number of hydrogen-bond acceptors (Lipinski definition) is 6. The SMILES string of the molecule is COc1ccccc1-n1cc(Nc2cc(O)cc(O)c2C(=O)N2Cc3ccccc3C2)cn1. The number of para-hydroxylation sites is 2. The highest BCUT2D eigenvalue weighted by Crippen LogP contribution is 2.36. The molecule has 1 aromatic heterocycles. The first-order valence-corrected chi connectivity index (χ1v) is 10.4. The second kappa shape index (κ2) is 8.23. The predicted molar refractivity (Wildman–Crippen MR) is 123 cm³/mol. The monoisotopic (exact) mass is 442 g/mol. The number of fused-ring (bicyclic) bond motifs is 1. The number of ether oxygens (including phenoxy) is 1. The van der Waals surface area contributed by atoms with Crippen LogP contribution in [0.5, 0.6) is 17.2 Å². The first-order chi connectivity index (χ1) is 16.0. The molecular weight excluding hydrogens is 420 g/mol. The fourth-order valence-corrected chi connectivity index (χ4v) is 4.06. The van der Waals surface area contributed by atoms with Gasteiger partial charge >= 0.3 is 0 Å². The third kappa shape index (κ3) is 3.82. The molecule has 0 spiro atoms. The van der Waals surface area contributed by atoms with Gasteiger partial charge in [0.2, 0.25) is 0 Å². The molecule has 2 heterocycles. The summed E-state index contributed by atoms with van der Waals surface area (Å²) in [5, 5.41) is 28.1. The van der Waals surface area contributed by atoms with Crippen LogP contribution < -0.4 is 10.1 Å². The third-order valence-electron chi connectivity index (χ3n) is 5.64. The van der Waals surface area contributed by atoms with E-state index in [-0.39, 0.29) is 28.7 Å². The molecule has 3 N–H and O–H groups in total. The molecule has 166 valence electrons. The van der Waals surface area contributed by atoms with Gasteiger partial charge in [-0.15, -0.1) is 0 Å². The second-order valence-corrected chi connectivity index (χ2v) is 7.79. The standard InChI is InChI=1S/C25H22N4O4/c1-33-23-9-5-4-8-21(23)29-15-18(12-26-29)27-20-10-19(30)11-22(31)24(20)25(32)28-13-16-6-2-3-7-17(16)14-28/h2-12,15,27,30-31H,13-14H2,1H3. The molecule has 8 nitrogen and oxygen atoms in total. The van der Waals surface area contributed by atoms with Crippen LogP contribution in [0.3, 0.4) is 0 Å². The number of rotatable bonds is 5. The van der Waals surface area contributed by atoms with E-state index in [1.54, 1.807) is 29.1 Å². The molecule has 1 aliphatic heterocycles. The summed E-state index contributed by atoms with van der Waals surface area (Å²) in [5.41, 5.74) is 3.86. The van der Waals surface area contributed by atoms with Crippen molar-refractivity contribution in [3.63, 3.8) is 0 Å². The Labute approximate surface area is 190 Å². The number of anilines is 2. The Morgan fingerprint density at radius 1 is 1.03 bits per heavy atom. The Hall–Kier alpha value is -4.46. The average molecular weight is 442 g/mol. The molecule has 0 saturated heterocycles. The zero-order valence-electron chi connectivity index (χ0n) is 17.9. The number of amides is 1. The molecule has 0 atom stereocenters. The van der Waals surface area contributed by atoms with Gasteiger partial charge in [-0.25, -0.2) is 4.68 Å². The van der Waals surface area contributed by atoms with E-state index in [2.05, 4.69) is 10.4 Å². The topological polar surface area (TPSA) is 99.8 Å². The summed E-state index contributed by atoms with van der Waals surface area (Å²) in [6, 6.07) is 17.9. The van der Waals surface area contributed by atoms with Crippen molar-refractivity contribution < 1.29 is 19.7 Å². The van der Waals surface area contributed by atoms with Gasteiger partial charge in [0.05, 0.1) is 30.9 Å². The van der Waals surface area contributed by atoms with Crippen molar-refractivity contribution in [1.29, 1.82) is 0 Å². The maximum Gasteiger partial charge on any atom is 0.260 e. The van der Waals surface area contributed by atoms with Gasteiger partial charge in [-0.1, -0.05) is 36.4 Å². The van der Waals surface area contributed by atoms with Crippen LogP contribution in [-0.4, -0.2) is 37.9 Å². The van der Waals surface area contributed by atoms with Crippen LogP contribution >= 0.6 is 0 Å². The minimum Gasteiger partial charge on any atom is -0.508 e. The quantitative estimate of drug-likeness (QED) is 0.429. The normalized spacial score (nSPS) is 12.5. The lowest BCUT2D eigenvalue weighted by atomic mass is 10.1. The highest BCUT2D eigenvalue weighted by atomic mass is 16.5. The van der Waals surface area contributed by atoms with Crippen LogP contribution in [0.25, 0.3) is 5.69 Å². The number of methoxy groups -OCH3 is 1. The molecule has 0 fully saturated rings. The van der Waals surface area contributed by atoms with Crippen LogP contribution in [0.2, 0.25) is 0 Å². The largest absolute Gasteiger partial charge is 0.508 e. The summed E-state index contributed by atoms with van der Waals surface area (Å²) in [7, 11) is 1.59. The molecule has 0 radical (unpaired) electrons. The molecule has 1 amide bonds. The molecular formula is C25H22N4O4. The van der Waals surface area contributed by atoms with Gasteiger partial charge in [0.25, 0.3) is 5.91 Å². The number of nitrogens with zero attached hydrogens (tertiary/aromatic N) is 3. The lowest BCUT2D eigenvalue weighted by molar-refractivity contribution is 0.0749. The van der Waals surface area contributed by atoms with Gasteiger partial charge in [-0.3, -0.25) is 4.79 Å². The van der Waals surface area contributed by atoms with E-state index in [4.69, 9.17) is 4.74 Å². The van der Waals surface area contributed by atoms with E-state index >= 15 is 0 Å². The Bertz CT molecular complexity index is 1320. The van der Waals surface area contributed by atoms with E-state index in [1.165, 1.54) is 12.1 Å². The molecule has 4 aromatic rings. The molecule has 1 aliphatic rings. The number of aromatic hydroxyl groups is 2. The van der Waals surface area contributed by atoms with Gasteiger partial charge in [0.15, 0.2) is 0 Å². The predicted octanol–water partition coefficient (Wildman–Crippen LogP) is 4.19. The van der Waals surface area contributed by atoms with Crippen molar-refractivity contribution in [2.75, 3.05) is 12.4 Å². The summed E-state index contributed by atoms with van der Waals surface area (Å²) >= 11 is 0. The van der Waals surface area contributed by atoms with Crippen molar-refractivity contribution in [2.45, 2.75) is 13.1 Å². The maximum atomic E-state index is 13.4. The highest BCUT2D eigenvalue weighted by Gasteiger charge is 2.28. The fourth-order valence-electron chi connectivity index (χ4n) is 4.06. The molecule has 0 unspecified atom stereocenters. The summed E-state index contributed by atoms with van der Waals surface area (Å²) in [5.74, 6) is -0.126. The highest BCUT2D eigenvalue weighted by molar-refractivity contribution is 6.03. The van der Waals surface area contributed by atoms with Crippen molar-refractivity contribution in [1.82, 2.24) is 14.7 Å². The maximum absolute atomic E-state index is 13.4. The number of benzene rings is 3. The number of phenols is 2. The molecule has 5 rings (SSSR count). The molecule has 0 aliphatic carbocycles. The van der Waals surface area contributed by atoms with Crippen LogP contribution in [-0.2, 0) is 13.1 Å². The average Bonchev–Trinajstić information content (AvgIpc) is 3.45. The van der Waals surface area contributed by atoms with E-state index in [0.29, 0.717) is 24.5 Å². The van der Waals surface area contributed by atoms with Crippen molar-refractivity contribution >= 4 is 17.3 Å². The summed E-state index contributed by atoms with van der Waals surface area (Å²) < 4.78 is 7.04. The molecule has 0 bridgehead atoms. The Balaban J connectivity index is 1.45. The zero-order valence-corrected chi connectivity index (χ0v) is 17.9. The number of phenolic OH excluding ortho intramolecular Hbond substituents is 2. The van der Waals surface area contributed by atoms with Gasteiger partial charge in [-0.05, 0) is 23.3 Å². The lowest BCUT2D eigenvalue weighted by Gasteiger charge is -2.19. The molecule has 3 aromatic carbocycles. The zero-order chi connectivity index (χ0) is 22.9. The third-order valence-corrected chi connectivity index (χ3v) is 5.64. The van der Waals surface area contributed by atoms with Crippen molar-refractivity contribution in [3.8, 4) is 22.9 Å². The Morgan fingerprint density at radius 2 is 1.73 bits per heavy atom. The van der Waals surface area contributed by atoms with Gasteiger partial charge < -0.3 is 25.2 Å². The Morgan fingerprint density at radius 3 is 2.45 bits per heavy atom. The fraction of sp³-hybridized carbons (Fsp3) is 0.120. The summed E-state index contributed by atoms with van der Waals surface area (Å²) in [6.45, 7) is 0.918. The van der Waals surface area contributed by atoms with Gasteiger partial charge in [0.1, 0.15) is 28.5 Å². The van der Waals surface area contributed by atoms with Crippen LogP contribution in [0.1, 0.15) is 21.5 Å².